The Labute approximate surface area is 147 Å². The van der Waals surface area contributed by atoms with E-state index in [0.717, 1.165) is 5.69 Å². The zero-order valence-electron chi connectivity index (χ0n) is 14.7. The molecule has 0 heterocycles. The summed E-state index contributed by atoms with van der Waals surface area (Å²) in [5, 5.41) is 3.03. The van der Waals surface area contributed by atoms with Gasteiger partial charge in [-0.2, -0.15) is 0 Å². The average Bonchev–Trinajstić information content (AvgIpc) is 2.67. The van der Waals surface area contributed by atoms with E-state index in [0.29, 0.717) is 28.6 Å². The highest BCUT2D eigenvalue weighted by Gasteiger charge is 2.09. The number of methoxy groups -OCH3 is 4. The summed E-state index contributed by atoms with van der Waals surface area (Å²) in [5.74, 6) is 2.21. The zero-order chi connectivity index (χ0) is 18.2. The van der Waals surface area contributed by atoms with Crippen molar-refractivity contribution in [2.45, 2.75) is 0 Å². The van der Waals surface area contributed by atoms with Crippen LogP contribution < -0.4 is 24.3 Å². The molecule has 6 heteroatoms. The Morgan fingerprint density at radius 2 is 1.56 bits per heavy atom. The van der Waals surface area contributed by atoms with Crippen LogP contribution in [0.2, 0.25) is 0 Å². The molecule has 0 amide bonds. The minimum absolute atomic E-state index is 0.166. The van der Waals surface area contributed by atoms with Crippen LogP contribution in [0.1, 0.15) is 10.4 Å². The summed E-state index contributed by atoms with van der Waals surface area (Å²) in [6, 6.07) is 10.4. The summed E-state index contributed by atoms with van der Waals surface area (Å²) in [6.45, 7) is 0. The molecule has 1 N–H and O–H groups in total. The Morgan fingerprint density at radius 3 is 2.20 bits per heavy atom. The highest BCUT2D eigenvalue weighted by atomic mass is 16.5. The van der Waals surface area contributed by atoms with Crippen molar-refractivity contribution in [1.29, 1.82) is 0 Å². The minimum atomic E-state index is -0.166. The Morgan fingerprint density at radius 1 is 0.840 bits per heavy atom. The largest absolute Gasteiger partial charge is 0.497 e. The van der Waals surface area contributed by atoms with Crippen LogP contribution in [0.25, 0.3) is 0 Å². The van der Waals surface area contributed by atoms with E-state index >= 15 is 0 Å². The average molecular weight is 343 g/mol. The number of carbonyl (C=O) groups is 1. The lowest BCUT2D eigenvalue weighted by molar-refractivity contribution is 0.104. The summed E-state index contributed by atoms with van der Waals surface area (Å²) in [6.07, 6.45) is 2.99. The van der Waals surface area contributed by atoms with Crippen molar-refractivity contribution in [1.82, 2.24) is 0 Å². The molecule has 0 saturated heterocycles. The monoisotopic (exact) mass is 343 g/mol. The maximum Gasteiger partial charge on any atom is 0.187 e. The number of benzene rings is 2. The van der Waals surface area contributed by atoms with Crippen molar-refractivity contribution < 1.29 is 23.7 Å². The minimum Gasteiger partial charge on any atom is -0.497 e. The quantitative estimate of drug-likeness (QED) is 0.584. The fraction of sp³-hybridized carbons (Fsp3) is 0.211. The van der Waals surface area contributed by atoms with Gasteiger partial charge in [-0.25, -0.2) is 0 Å². The first-order chi connectivity index (χ1) is 12.1. The molecule has 0 saturated carbocycles. The lowest BCUT2D eigenvalue weighted by Gasteiger charge is -2.10. The summed E-state index contributed by atoms with van der Waals surface area (Å²) in [4.78, 5) is 12.3. The first-order valence-electron chi connectivity index (χ1n) is 7.54. The molecule has 2 rings (SSSR count). The summed E-state index contributed by atoms with van der Waals surface area (Å²) >= 11 is 0. The van der Waals surface area contributed by atoms with E-state index in [2.05, 4.69) is 5.32 Å². The number of carbonyl (C=O) groups excluding carboxylic acids is 1. The molecule has 25 heavy (non-hydrogen) atoms. The lowest BCUT2D eigenvalue weighted by Crippen LogP contribution is -1.99. The molecule has 6 nitrogen and oxygen atoms in total. The maximum atomic E-state index is 12.3. The van der Waals surface area contributed by atoms with E-state index in [-0.39, 0.29) is 5.78 Å². The van der Waals surface area contributed by atoms with Crippen LogP contribution in [-0.4, -0.2) is 34.2 Å². The van der Waals surface area contributed by atoms with Gasteiger partial charge in [0.25, 0.3) is 0 Å². The van der Waals surface area contributed by atoms with Crippen LogP contribution >= 0.6 is 0 Å². The van der Waals surface area contributed by atoms with E-state index in [1.54, 1.807) is 57.9 Å². The highest BCUT2D eigenvalue weighted by molar-refractivity contribution is 6.05. The summed E-state index contributed by atoms with van der Waals surface area (Å²) in [7, 11) is 6.23. The zero-order valence-corrected chi connectivity index (χ0v) is 14.7. The van der Waals surface area contributed by atoms with Gasteiger partial charge in [0.1, 0.15) is 11.5 Å². The summed E-state index contributed by atoms with van der Waals surface area (Å²) < 4.78 is 20.8. The number of allylic oxidation sites excluding steroid dienone is 1. The Balaban J connectivity index is 2.11. The molecule has 2 aromatic rings. The number of ether oxygens (including phenoxy) is 4. The van der Waals surface area contributed by atoms with Gasteiger partial charge in [0.15, 0.2) is 17.3 Å². The molecule has 0 aliphatic heterocycles. The third-order valence-electron chi connectivity index (χ3n) is 3.55. The Kier molecular flexibility index (Phi) is 6.28. The molecule has 0 radical (unpaired) electrons. The van der Waals surface area contributed by atoms with Gasteiger partial charge in [-0.1, -0.05) is 0 Å². The van der Waals surface area contributed by atoms with Crippen LogP contribution in [0.15, 0.2) is 48.7 Å². The van der Waals surface area contributed by atoms with Gasteiger partial charge in [-0.15, -0.1) is 0 Å². The second-order valence-corrected chi connectivity index (χ2v) is 4.98. The normalized spacial score (nSPS) is 10.4. The summed E-state index contributed by atoms with van der Waals surface area (Å²) in [5.41, 5.74) is 1.22. The standard InChI is InChI=1S/C19H21NO5/c1-22-14-6-7-15(18(12-14)24-3)20-10-9-16(21)13-5-8-17(23-2)19(11-13)25-4/h5-12,20H,1-4H3/b10-9+. The van der Waals surface area contributed by atoms with Crippen molar-refractivity contribution in [3.8, 4) is 23.0 Å². The molecule has 0 spiro atoms. The fourth-order valence-electron chi connectivity index (χ4n) is 2.21. The van der Waals surface area contributed by atoms with Crippen LogP contribution in [-0.2, 0) is 0 Å². The molecular weight excluding hydrogens is 322 g/mol. The molecule has 0 fully saturated rings. The molecule has 0 aromatic heterocycles. The molecule has 0 bridgehead atoms. The van der Waals surface area contributed by atoms with Crippen molar-refractivity contribution in [2.24, 2.45) is 0 Å². The van der Waals surface area contributed by atoms with E-state index in [1.165, 1.54) is 13.2 Å². The number of nitrogens with one attached hydrogen (secondary N) is 1. The fourth-order valence-corrected chi connectivity index (χ4v) is 2.21. The first-order valence-corrected chi connectivity index (χ1v) is 7.54. The smallest absolute Gasteiger partial charge is 0.187 e. The molecule has 0 unspecified atom stereocenters. The topological polar surface area (TPSA) is 66.0 Å². The molecule has 0 atom stereocenters. The highest BCUT2D eigenvalue weighted by Crippen LogP contribution is 2.29. The van der Waals surface area contributed by atoms with Crippen molar-refractivity contribution >= 4 is 11.5 Å². The second-order valence-electron chi connectivity index (χ2n) is 4.98. The van der Waals surface area contributed by atoms with Crippen molar-refractivity contribution in [2.75, 3.05) is 33.8 Å². The van der Waals surface area contributed by atoms with Crippen LogP contribution in [0.3, 0.4) is 0 Å². The van der Waals surface area contributed by atoms with Gasteiger partial charge in [0, 0.05) is 23.9 Å². The number of hydrogen-bond acceptors (Lipinski definition) is 6. The van der Waals surface area contributed by atoms with Crippen LogP contribution in [0.5, 0.6) is 23.0 Å². The number of rotatable bonds is 8. The van der Waals surface area contributed by atoms with Gasteiger partial charge in [-0.3, -0.25) is 4.79 Å². The van der Waals surface area contributed by atoms with Gasteiger partial charge in [0.05, 0.1) is 34.1 Å². The number of hydrogen-bond donors (Lipinski definition) is 1. The van der Waals surface area contributed by atoms with Gasteiger partial charge in [0.2, 0.25) is 0 Å². The van der Waals surface area contributed by atoms with E-state index in [9.17, 15) is 4.79 Å². The third kappa shape index (κ3) is 4.44. The van der Waals surface area contributed by atoms with Crippen LogP contribution in [0.4, 0.5) is 5.69 Å². The lowest BCUT2D eigenvalue weighted by atomic mass is 10.1. The maximum absolute atomic E-state index is 12.3. The van der Waals surface area contributed by atoms with Crippen LogP contribution in [0, 0.1) is 0 Å². The molecule has 0 aliphatic rings. The molecule has 0 aliphatic carbocycles. The van der Waals surface area contributed by atoms with Gasteiger partial charge in [-0.05, 0) is 30.3 Å². The number of ketones is 1. The van der Waals surface area contributed by atoms with Gasteiger partial charge < -0.3 is 24.3 Å². The van der Waals surface area contributed by atoms with E-state index < -0.39 is 0 Å². The third-order valence-corrected chi connectivity index (χ3v) is 3.55. The first kappa shape index (κ1) is 18.2. The SMILES string of the molecule is COc1ccc(N/C=C/C(=O)c2ccc(OC)c(OC)c2)c(OC)c1. The van der Waals surface area contributed by atoms with E-state index in [1.807, 2.05) is 6.07 Å². The van der Waals surface area contributed by atoms with Gasteiger partial charge >= 0.3 is 0 Å². The second kappa shape index (κ2) is 8.63. The Bertz CT molecular complexity index is 770. The van der Waals surface area contributed by atoms with E-state index in [4.69, 9.17) is 18.9 Å². The van der Waals surface area contributed by atoms with Crippen molar-refractivity contribution in [3.05, 3.63) is 54.2 Å². The predicted octanol–water partition coefficient (Wildman–Crippen LogP) is 3.53. The Hall–Kier alpha value is -3.15. The van der Waals surface area contributed by atoms with Crippen molar-refractivity contribution in [3.63, 3.8) is 0 Å². The number of anilines is 1. The molecule has 2 aromatic carbocycles. The molecule has 132 valence electrons. The predicted molar refractivity (Wildman–Crippen MR) is 96.2 cm³/mol. The molecular formula is C19H21NO5.